The summed E-state index contributed by atoms with van der Waals surface area (Å²) in [6.45, 7) is 0. The molecule has 0 aliphatic carbocycles. The largest absolute Gasteiger partial charge is 0.545 e. The summed E-state index contributed by atoms with van der Waals surface area (Å²) in [4.78, 5) is 23.4. The minimum Gasteiger partial charge on any atom is -0.545 e. The molecule has 0 fully saturated rings. The Balaban J connectivity index is 1.84. The summed E-state index contributed by atoms with van der Waals surface area (Å²) in [5.74, 6) is -1.55. The monoisotopic (exact) mass is 304 g/mol. The fraction of sp³-hybridized carbons (Fsp3) is 0.0526. The molecule has 114 valence electrons. The van der Waals surface area contributed by atoms with Crippen LogP contribution in [0, 0.1) is 0 Å². The summed E-state index contributed by atoms with van der Waals surface area (Å²) in [5, 5.41) is 15.9. The van der Waals surface area contributed by atoms with Gasteiger partial charge in [-0.25, -0.2) is 0 Å². The van der Waals surface area contributed by atoms with Crippen LogP contribution in [0.3, 0.4) is 0 Å². The minimum absolute atomic E-state index is 0.0205. The van der Waals surface area contributed by atoms with Crippen LogP contribution < -0.4 is 10.4 Å². The molecule has 0 aliphatic heterocycles. The maximum absolute atomic E-state index is 12.3. The third kappa shape index (κ3) is 3.21. The van der Waals surface area contributed by atoms with Crippen molar-refractivity contribution in [2.45, 2.75) is 6.42 Å². The summed E-state index contributed by atoms with van der Waals surface area (Å²) in [5.41, 5.74) is 1.19. The van der Waals surface area contributed by atoms with E-state index in [1.807, 2.05) is 42.5 Å². The van der Waals surface area contributed by atoms with Crippen LogP contribution in [-0.2, 0) is 11.2 Å². The Morgan fingerprint density at radius 2 is 1.57 bits per heavy atom. The van der Waals surface area contributed by atoms with Gasteiger partial charge in [0.25, 0.3) is 0 Å². The zero-order valence-electron chi connectivity index (χ0n) is 12.3. The van der Waals surface area contributed by atoms with E-state index in [2.05, 4.69) is 5.32 Å². The molecule has 0 unspecified atom stereocenters. The Labute approximate surface area is 133 Å². The number of fused-ring (bicyclic) bond motifs is 1. The highest BCUT2D eigenvalue weighted by molar-refractivity contribution is 6.03. The van der Waals surface area contributed by atoms with Crippen LogP contribution in [0.2, 0.25) is 0 Å². The number of carbonyl (C=O) groups excluding carboxylic acids is 2. The minimum atomic E-state index is -1.28. The Kier molecular flexibility index (Phi) is 4.06. The van der Waals surface area contributed by atoms with Crippen molar-refractivity contribution in [3.63, 3.8) is 0 Å². The average molecular weight is 304 g/mol. The average Bonchev–Trinajstić information content (AvgIpc) is 2.55. The topological polar surface area (TPSA) is 69.2 Å². The van der Waals surface area contributed by atoms with Crippen molar-refractivity contribution >= 4 is 28.3 Å². The molecule has 0 saturated carbocycles. The fourth-order valence-electron chi connectivity index (χ4n) is 2.58. The molecular weight excluding hydrogens is 290 g/mol. The number of nitrogens with one attached hydrogen (secondary N) is 1. The number of carboxylic acid groups (broad SMARTS) is 1. The second-order valence-electron chi connectivity index (χ2n) is 5.20. The number of carbonyl (C=O) groups is 2. The van der Waals surface area contributed by atoms with Crippen LogP contribution in [0.4, 0.5) is 5.69 Å². The molecule has 0 atom stereocenters. The highest BCUT2D eigenvalue weighted by Gasteiger charge is 2.10. The van der Waals surface area contributed by atoms with Gasteiger partial charge in [0.15, 0.2) is 0 Å². The first kappa shape index (κ1) is 14.8. The molecule has 3 aromatic carbocycles. The summed E-state index contributed by atoms with van der Waals surface area (Å²) >= 11 is 0. The Bertz CT molecular complexity index is 881. The molecule has 0 bridgehead atoms. The smallest absolute Gasteiger partial charge is 0.228 e. The lowest BCUT2D eigenvalue weighted by Crippen LogP contribution is -2.25. The van der Waals surface area contributed by atoms with Gasteiger partial charge in [0, 0.05) is 16.6 Å². The van der Waals surface area contributed by atoms with Crippen LogP contribution in [0.15, 0.2) is 66.7 Å². The Morgan fingerprint density at radius 3 is 2.39 bits per heavy atom. The van der Waals surface area contributed by atoms with Gasteiger partial charge in [0.05, 0.1) is 12.4 Å². The standard InChI is InChI=1S/C19H15NO3/c21-18(12-14-7-2-4-10-16(14)19(22)23)20-17-11-5-8-13-6-1-3-9-15(13)17/h1-11H,12H2,(H,20,21)(H,22,23)/p-1. The maximum Gasteiger partial charge on any atom is 0.228 e. The van der Waals surface area contributed by atoms with Gasteiger partial charge >= 0.3 is 0 Å². The van der Waals surface area contributed by atoms with Gasteiger partial charge in [-0.05, 0) is 17.0 Å². The lowest BCUT2D eigenvalue weighted by Gasteiger charge is -2.12. The number of aromatic carboxylic acids is 1. The predicted molar refractivity (Wildman–Crippen MR) is 87.1 cm³/mol. The van der Waals surface area contributed by atoms with Crippen LogP contribution in [0.1, 0.15) is 15.9 Å². The number of carboxylic acids is 1. The number of amides is 1. The van der Waals surface area contributed by atoms with E-state index in [9.17, 15) is 14.7 Å². The molecule has 0 heterocycles. The van der Waals surface area contributed by atoms with Crippen molar-refractivity contribution in [1.29, 1.82) is 0 Å². The van der Waals surface area contributed by atoms with Gasteiger partial charge in [0.1, 0.15) is 0 Å². The quantitative estimate of drug-likeness (QED) is 0.804. The van der Waals surface area contributed by atoms with Crippen molar-refractivity contribution in [2.75, 3.05) is 5.32 Å². The first-order chi connectivity index (χ1) is 11.1. The van der Waals surface area contributed by atoms with Gasteiger partial charge in [-0.3, -0.25) is 4.79 Å². The summed E-state index contributed by atoms with van der Waals surface area (Å²) in [6, 6.07) is 19.8. The van der Waals surface area contributed by atoms with Gasteiger partial charge in [-0.2, -0.15) is 0 Å². The lowest BCUT2D eigenvalue weighted by atomic mass is 10.0. The van der Waals surface area contributed by atoms with Crippen LogP contribution >= 0.6 is 0 Å². The highest BCUT2D eigenvalue weighted by Crippen LogP contribution is 2.23. The van der Waals surface area contributed by atoms with E-state index < -0.39 is 5.97 Å². The molecule has 0 radical (unpaired) electrons. The third-order valence-corrected chi connectivity index (χ3v) is 3.65. The fourth-order valence-corrected chi connectivity index (χ4v) is 2.58. The molecule has 1 amide bonds. The number of anilines is 1. The van der Waals surface area contributed by atoms with Gasteiger partial charge < -0.3 is 15.2 Å². The first-order valence-corrected chi connectivity index (χ1v) is 7.22. The van der Waals surface area contributed by atoms with E-state index in [4.69, 9.17) is 0 Å². The van der Waals surface area contributed by atoms with Crippen molar-refractivity contribution in [2.24, 2.45) is 0 Å². The molecule has 3 aromatic rings. The van der Waals surface area contributed by atoms with E-state index in [1.165, 1.54) is 6.07 Å². The lowest BCUT2D eigenvalue weighted by molar-refractivity contribution is -0.255. The van der Waals surface area contributed by atoms with Crippen LogP contribution in [0.5, 0.6) is 0 Å². The Hall–Kier alpha value is -3.14. The number of benzene rings is 3. The van der Waals surface area contributed by atoms with E-state index in [-0.39, 0.29) is 17.9 Å². The number of rotatable bonds is 4. The van der Waals surface area contributed by atoms with Gasteiger partial charge in [-0.1, -0.05) is 60.7 Å². The highest BCUT2D eigenvalue weighted by atomic mass is 16.4. The van der Waals surface area contributed by atoms with E-state index in [0.717, 1.165) is 10.8 Å². The molecule has 0 aromatic heterocycles. The maximum atomic E-state index is 12.3. The van der Waals surface area contributed by atoms with E-state index >= 15 is 0 Å². The summed E-state index contributed by atoms with van der Waals surface area (Å²) < 4.78 is 0. The van der Waals surface area contributed by atoms with Gasteiger partial charge in [-0.15, -0.1) is 0 Å². The van der Waals surface area contributed by atoms with Crippen LogP contribution in [0.25, 0.3) is 10.8 Å². The zero-order valence-corrected chi connectivity index (χ0v) is 12.3. The number of hydrogen-bond donors (Lipinski definition) is 1. The molecule has 4 heteroatoms. The van der Waals surface area contributed by atoms with Crippen molar-refractivity contribution in [3.8, 4) is 0 Å². The number of hydrogen-bond acceptors (Lipinski definition) is 3. The summed E-state index contributed by atoms with van der Waals surface area (Å²) in [7, 11) is 0. The predicted octanol–water partition coefficient (Wildman–Crippen LogP) is 2.38. The molecule has 1 N–H and O–H groups in total. The van der Waals surface area contributed by atoms with E-state index in [1.54, 1.807) is 18.2 Å². The molecule has 23 heavy (non-hydrogen) atoms. The molecule has 4 nitrogen and oxygen atoms in total. The van der Waals surface area contributed by atoms with Crippen molar-refractivity contribution in [1.82, 2.24) is 0 Å². The van der Waals surface area contributed by atoms with Gasteiger partial charge in [0.2, 0.25) is 5.91 Å². The first-order valence-electron chi connectivity index (χ1n) is 7.22. The van der Waals surface area contributed by atoms with Crippen LogP contribution in [-0.4, -0.2) is 11.9 Å². The molecule has 0 aliphatic rings. The third-order valence-electron chi connectivity index (χ3n) is 3.65. The molecular formula is C19H14NO3-. The molecule has 0 spiro atoms. The zero-order chi connectivity index (χ0) is 16.2. The van der Waals surface area contributed by atoms with E-state index in [0.29, 0.717) is 11.3 Å². The molecule has 0 saturated heterocycles. The Morgan fingerprint density at radius 1 is 0.870 bits per heavy atom. The van der Waals surface area contributed by atoms with Crippen molar-refractivity contribution < 1.29 is 14.7 Å². The second-order valence-corrected chi connectivity index (χ2v) is 5.20. The normalized spacial score (nSPS) is 10.4. The van der Waals surface area contributed by atoms with Crippen molar-refractivity contribution in [3.05, 3.63) is 77.9 Å². The molecule has 3 rings (SSSR count). The SMILES string of the molecule is O=C(Cc1ccccc1C(=O)[O-])Nc1cccc2ccccc12. The second kappa shape index (κ2) is 6.32. The summed E-state index contributed by atoms with van der Waals surface area (Å²) in [6.07, 6.45) is -0.0205.